The molecule has 0 spiro atoms. The van der Waals surface area contributed by atoms with E-state index in [-0.39, 0.29) is 33.6 Å². The van der Waals surface area contributed by atoms with E-state index in [1.807, 2.05) is 31.2 Å². The van der Waals surface area contributed by atoms with Gasteiger partial charge in [0.2, 0.25) is 5.91 Å². The molecule has 0 saturated heterocycles. The molecule has 1 N–H and O–H groups in total. The molecule has 3 rings (SSSR count). The van der Waals surface area contributed by atoms with Crippen molar-refractivity contribution in [3.8, 4) is 5.75 Å². The number of rotatable bonds is 9. The minimum atomic E-state index is -4.43. The Labute approximate surface area is 208 Å². The lowest BCUT2D eigenvalue weighted by Gasteiger charge is -2.26. The maximum Gasteiger partial charge on any atom is 0.273 e. The zero-order valence-electron chi connectivity index (χ0n) is 19.3. The van der Waals surface area contributed by atoms with E-state index in [2.05, 4.69) is 5.32 Å². The van der Waals surface area contributed by atoms with Crippen molar-refractivity contribution in [1.29, 1.82) is 0 Å². The van der Waals surface area contributed by atoms with Crippen LogP contribution in [0.25, 0.3) is 0 Å². The highest BCUT2D eigenvalue weighted by molar-refractivity contribution is 7.92. The molecule has 184 valence electrons. The fraction of sp³-hybridized carbons (Fsp3) is 0.208. The highest BCUT2D eigenvalue weighted by Crippen LogP contribution is 2.35. The first-order valence-electron chi connectivity index (χ1n) is 10.5. The van der Waals surface area contributed by atoms with Gasteiger partial charge in [-0.25, -0.2) is 8.42 Å². The molecule has 0 heterocycles. The van der Waals surface area contributed by atoms with Crippen LogP contribution in [0.5, 0.6) is 5.75 Å². The average Bonchev–Trinajstić information content (AvgIpc) is 2.82. The molecular formula is C24H24ClN3O6S. The van der Waals surface area contributed by atoms with E-state index in [9.17, 15) is 23.3 Å². The van der Waals surface area contributed by atoms with Crippen LogP contribution in [0.15, 0.2) is 65.6 Å². The van der Waals surface area contributed by atoms with E-state index in [0.717, 1.165) is 21.5 Å². The summed E-state index contributed by atoms with van der Waals surface area (Å²) in [5.41, 5.74) is 1.88. The molecule has 0 atom stereocenters. The first-order chi connectivity index (χ1) is 16.5. The predicted octanol–water partition coefficient (Wildman–Crippen LogP) is 4.39. The number of anilines is 1. The number of nitrogens with zero attached hydrogens (tertiary/aromatic N) is 2. The number of nitrogens with one attached hydrogen (secondary N) is 1. The number of methoxy groups -OCH3 is 1. The number of hydrogen-bond donors (Lipinski definition) is 1. The molecule has 0 unspecified atom stereocenters. The first kappa shape index (κ1) is 26.0. The summed E-state index contributed by atoms with van der Waals surface area (Å²) >= 11 is 6.13. The Morgan fingerprint density at radius 3 is 2.40 bits per heavy atom. The standard InChI is InChI=1S/C24H24ClN3O6S/c1-16-4-7-18(8-5-16)14-26-24(29)15-27(22-12-19(25)9-11-23(22)34-3)35(32,33)20-10-6-17(2)21(13-20)28(30)31/h4-13H,14-15H2,1-3H3,(H,26,29). The van der Waals surface area contributed by atoms with Crippen LogP contribution in [-0.2, 0) is 21.4 Å². The predicted molar refractivity (Wildman–Crippen MR) is 133 cm³/mol. The third kappa shape index (κ3) is 6.09. The number of hydrogen-bond acceptors (Lipinski definition) is 6. The van der Waals surface area contributed by atoms with Gasteiger partial charge in [-0.05, 0) is 43.7 Å². The minimum Gasteiger partial charge on any atom is -0.495 e. The molecule has 0 aliphatic heterocycles. The van der Waals surface area contributed by atoms with E-state index in [4.69, 9.17) is 16.3 Å². The fourth-order valence-corrected chi connectivity index (χ4v) is 4.93. The normalized spacial score (nSPS) is 11.1. The molecule has 0 aliphatic rings. The number of halogens is 1. The first-order valence-corrected chi connectivity index (χ1v) is 12.3. The molecule has 3 aromatic carbocycles. The number of nitro benzene ring substituents is 1. The fourth-order valence-electron chi connectivity index (χ4n) is 3.32. The Kier molecular flexibility index (Phi) is 7.98. The van der Waals surface area contributed by atoms with Crippen LogP contribution in [-0.4, -0.2) is 32.9 Å². The van der Waals surface area contributed by atoms with Gasteiger partial charge >= 0.3 is 0 Å². The molecule has 35 heavy (non-hydrogen) atoms. The van der Waals surface area contributed by atoms with Crippen molar-refractivity contribution < 1.29 is 22.9 Å². The van der Waals surface area contributed by atoms with Crippen molar-refractivity contribution in [3.05, 3.63) is 92.5 Å². The van der Waals surface area contributed by atoms with E-state index >= 15 is 0 Å². The van der Waals surface area contributed by atoms with Gasteiger partial charge in [-0.2, -0.15) is 0 Å². The van der Waals surface area contributed by atoms with Crippen molar-refractivity contribution in [2.45, 2.75) is 25.3 Å². The second-order valence-electron chi connectivity index (χ2n) is 7.80. The molecule has 9 nitrogen and oxygen atoms in total. The van der Waals surface area contributed by atoms with Gasteiger partial charge in [0.15, 0.2) is 0 Å². The van der Waals surface area contributed by atoms with Gasteiger partial charge in [0.25, 0.3) is 15.7 Å². The number of amides is 1. The van der Waals surface area contributed by atoms with Gasteiger partial charge in [-0.15, -0.1) is 0 Å². The van der Waals surface area contributed by atoms with Gasteiger partial charge in [0.1, 0.15) is 12.3 Å². The van der Waals surface area contributed by atoms with Crippen LogP contribution >= 0.6 is 11.6 Å². The van der Waals surface area contributed by atoms with E-state index in [0.29, 0.717) is 5.56 Å². The maximum absolute atomic E-state index is 13.7. The van der Waals surface area contributed by atoms with Gasteiger partial charge in [-0.3, -0.25) is 19.2 Å². The molecule has 11 heteroatoms. The van der Waals surface area contributed by atoms with Crippen molar-refractivity contribution in [2.24, 2.45) is 0 Å². The van der Waals surface area contributed by atoms with Crippen LogP contribution < -0.4 is 14.4 Å². The zero-order chi connectivity index (χ0) is 25.8. The molecule has 1 amide bonds. The monoisotopic (exact) mass is 517 g/mol. The summed E-state index contributed by atoms with van der Waals surface area (Å²) < 4.78 is 33.5. The van der Waals surface area contributed by atoms with Crippen LogP contribution in [0, 0.1) is 24.0 Å². The lowest BCUT2D eigenvalue weighted by Crippen LogP contribution is -2.41. The molecule has 0 aromatic heterocycles. The second-order valence-corrected chi connectivity index (χ2v) is 10.1. The van der Waals surface area contributed by atoms with Crippen LogP contribution in [0.2, 0.25) is 5.02 Å². The highest BCUT2D eigenvalue weighted by atomic mass is 35.5. The number of ether oxygens (including phenoxy) is 1. The third-order valence-corrected chi connectivity index (χ3v) is 7.26. The Bertz CT molecular complexity index is 1360. The minimum absolute atomic E-state index is 0.0220. The molecule has 0 saturated carbocycles. The van der Waals surface area contributed by atoms with Gasteiger partial charge in [0, 0.05) is 23.2 Å². The summed E-state index contributed by atoms with van der Waals surface area (Å²) in [6.45, 7) is 3.03. The summed E-state index contributed by atoms with van der Waals surface area (Å²) in [6.07, 6.45) is 0. The van der Waals surface area contributed by atoms with Crippen LogP contribution in [0.3, 0.4) is 0 Å². The van der Waals surface area contributed by atoms with Crippen LogP contribution in [0.4, 0.5) is 11.4 Å². The van der Waals surface area contributed by atoms with Crippen molar-refractivity contribution in [3.63, 3.8) is 0 Å². The molecular weight excluding hydrogens is 494 g/mol. The number of benzene rings is 3. The Morgan fingerprint density at radius 2 is 1.77 bits per heavy atom. The van der Waals surface area contributed by atoms with Crippen molar-refractivity contribution in [2.75, 3.05) is 18.0 Å². The molecule has 0 bridgehead atoms. The van der Waals surface area contributed by atoms with E-state index < -0.39 is 27.4 Å². The number of nitro groups is 1. The summed E-state index contributed by atoms with van der Waals surface area (Å²) in [6, 6.07) is 15.4. The topological polar surface area (TPSA) is 119 Å². The lowest BCUT2D eigenvalue weighted by molar-refractivity contribution is -0.385. The van der Waals surface area contributed by atoms with Gasteiger partial charge in [-0.1, -0.05) is 47.5 Å². The highest BCUT2D eigenvalue weighted by Gasteiger charge is 2.31. The Hall–Kier alpha value is -3.63. The number of aryl methyl sites for hydroxylation is 2. The summed E-state index contributed by atoms with van der Waals surface area (Å²) in [5.74, 6) is -0.427. The van der Waals surface area contributed by atoms with Crippen LogP contribution in [0.1, 0.15) is 16.7 Å². The third-order valence-electron chi connectivity index (χ3n) is 5.27. The summed E-state index contributed by atoms with van der Waals surface area (Å²) in [7, 11) is -3.08. The number of carbonyl (C=O) groups is 1. The molecule has 0 radical (unpaired) electrons. The quantitative estimate of drug-likeness (QED) is 0.332. The van der Waals surface area contributed by atoms with Crippen molar-refractivity contribution in [1.82, 2.24) is 5.32 Å². The van der Waals surface area contributed by atoms with E-state index in [1.165, 1.54) is 44.4 Å². The zero-order valence-corrected chi connectivity index (χ0v) is 20.9. The smallest absolute Gasteiger partial charge is 0.273 e. The maximum atomic E-state index is 13.7. The number of carbonyl (C=O) groups excluding carboxylic acids is 1. The summed E-state index contributed by atoms with van der Waals surface area (Å²) in [5, 5.41) is 14.3. The summed E-state index contributed by atoms with van der Waals surface area (Å²) in [4.78, 5) is 23.3. The Morgan fingerprint density at radius 1 is 1.09 bits per heavy atom. The lowest BCUT2D eigenvalue weighted by atomic mass is 10.1. The molecule has 0 aliphatic carbocycles. The van der Waals surface area contributed by atoms with E-state index in [1.54, 1.807) is 0 Å². The number of sulfonamides is 1. The Balaban J connectivity index is 2.01. The van der Waals surface area contributed by atoms with Gasteiger partial charge in [0.05, 0.1) is 22.6 Å². The largest absolute Gasteiger partial charge is 0.495 e. The molecule has 0 fully saturated rings. The molecule has 3 aromatic rings. The average molecular weight is 518 g/mol. The second kappa shape index (κ2) is 10.7. The SMILES string of the molecule is COc1ccc(Cl)cc1N(CC(=O)NCc1ccc(C)cc1)S(=O)(=O)c1ccc(C)c([N+](=O)[O-])c1. The van der Waals surface area contributed by atoms with Gasteiger partial charge < -0.3 is 10.1 Å². The van der Waals surface area contributed by atoms with Crippen molar-refractivity contribution >= 4 is 38.9 Å².